The average Bonchev–Trinajstić information content (AvgIpc) is 3.41. The zero-order valence-corrected chi connectivity index (χ0v) is 43.9. The lowest BCUT2D eigenvalue weighted by molar-refractivity contribution is 0.0590. The van der Waals surface area contributed by atoms with Gasteiger partial charge in [0.15, 0.2) is 0 Å². The van der Waals surface area contributed by atoms with E-state index in [1.165, 1.54) is 4.90 Å². The van der Waals surface area contributed by atoms with Crippen molar-refractivity contribution in [3.63, 3.8) is 0 Å². The molecule has 3 rings (SSSR count). The van der Waals surface area contributed by atoms with Crippen LogP contribution in [0.25, 0.3) is 10.8 Å². The molecule has 74 heavy (non-hydrogen) atoms. The summed E-state index contributed by atoms with van der Waals surface area (Å²) in [6, 6.07) is 29.0. The van der Waals surface area contributed by atoms with E-state index in [0.29, 0.717) is 127 Å². The summed E-state index contributed by atoms with van der Waals surface area (Å²) >= 11 is 0. The lowest BCUT2D eigenvalue weighted by Gasteiger charge is -2.31. The van der Waals surface area contributed by atoms with Crippen molar-refractivity contribution in [2.24, 2.45) is 0 Å². The molecule has 0 aliphatic carbocycles. The zero-order valence-electron chi connectivity index (χ0n) is 43.9. The first-order chi connectivity index (χ1) is 36.3. The van der Waals surface area contributed by atoms with Crippen LogP contribution >= 0.6 is 0 Å². The fourth-order valence-electron chi connectivity index (χ4n) is 9.65. The third-order valence-electron chi connectivity index (χ3n) is 13.5. The first kappa shape index (κ1) is 61.8. The van der Waals surface area contributed by atoms with Gasteiger partial charge in [0, 0.05) is 133 Å². The monoisotopic (exact) mass is 1010 g/mol. The van der Waals surface area contributed by atoms with Crippen LogP contribution in [-0.4, -0.2) is 195 Å². The van der Waals surface area contributed by atoms with Crippen LogP contribution in [0.2, 0.25) is 0 Å². The van der Waals surface area contributed by atoms with Crippen LogP contribution in [0, 0.1) is 90.6 Å². The molecule has 1 heterocycles. The number of carbonyl (C=O) groups is 2. The van der Waals surface area contributed by atoms with Gasteiger partial charge in [-0.1, -0.05) is 24.3 Å². The minimum Gasteiger partial charge on any atom is -0.303 e. The molecule has 2 amide bonds. The van der Waals surface area contributed by atoms with Crippen molar-refractivity contribution in [1.29, 1.82) is 42.1 Å². The summed E-state index contributed by atoms with van der Waals surface area (Å²) in [5.41, 5.74) is 1.07. The number of rotatable bonds is 43. The number of amides is 2. The molecule has 0 atom stereocenters. The topological polar surface area (TPSA) is 250 Å². The van der Waals surface area contributed by atoms with E-state index in [4.69, 9.17) is 0 Å². The van der Waals surface area contributed by atoms with Crippen LogP contribution in [0.15, 0.2) is 36.4 Å². The largest absolute Gasteiger partial charge is 0.303 e. The summed E-state index contributed by atoms with van der Waals surface area (Å²) in [5.74, 6) is -0.572. The number of imide groups is 1. The van der Waals surface area contributed by atoms with E-state index in [1.807, 2.05) is 24.3 Å². The summed E-state index contributed by atoms with van der Waals surface area (Å²) in [4.78, 5) is 45.5. The van der Waals surface area contributed by atoms with Crippen LogP contribution in [-0.2, 0) is 0 Å². The summed E-state index contributed by atoms with van der Waals surface area (Å²) < 4.78 is 0. The van der Waals surface area contributed by atoms with Gasteiger partial charge in [0.25, 0.3) is 11.8 Å². The quantitative estimate of drug-likeness (QED) is 0.0671. The summed E-state index contributed by atoms with van der Waals surface area (Å²) in [5, 5.41) is 75.7. The Morgan fingerprint density at radius 1 is 0.311 bits per heavy atom. The first-order valence-corrected chi connectivity index (χ1v) is 26.7. The Morgan fingerprint density at radius 3 is 0.757 bits per heavy atom. The predicted molar refractivity (Wildman–Crippen MR) is 284 cm³/mol. The Balaban J connectivity index is 1.83. The Morgan fingerprint density at radius 2 is 0.527 bits per heavy atom. The smallest absolute Gasteiger partial charge is 0.261 e. The zero-order chi connectivity index (χ0) is 53.4. The molecule has 0 fully saturated rings. The van der Waals surface area contributed by atoms with Gasteiger partial charge < -0.3 is 34.3 Å². The maximum atomic E-state index is 14.0. The third-order valence-corrected chi connectivity index (χ3v) is 13.5. The summed E-state index contributed by atoms with van der Waals surface area (Å²) in [7, 11) is 0. The van der Waals surface area contributed by atoms with Gasteiger partial charge in [0.1, 0.15) is 0 Å². The van der Waals surface area contributed by atoms with Crippen molar-refractivity contribution in [2.75, 3.05) is 144 Å². The molecule has 1 aliphatic heterocycles. The number of benzene rings is 2. The number of hydrogen-bond acceptors (Lipinski definition) is 17. The van der Waals surface area contributed by atoms with E-state index < -0.39 is 0 Å². The second-order valence-corrected chi connectivity index (χ2v) is 18.7. The van der Waals surface area contributed by atoms with E-state index in [1.54, 1.807) is 12.1 Å². The van der Waals surface area contributed by atoms with E-state index in [0.717, 1.165) is 122 Å². The highest BCUT2D eigenvalue weighted by atomic mass is 16.2. The summed E-state index contributed by atoms with van der Waals surface area (Å²) in [6.07, 6.45) is 8.30. The second-order valence-electron chi connectivity index (χ2n) is 18.7. The van der Waals surface area contributed by atoms with Gasteiger partial charge in [-0.05, 0) is 135 Å². The fraction of sp³-hybridized carbons (Fsp3) is 0.643. The molecule has 18 heteroatoms. The van der Waals surface area contributed by atoms with Gasteiger partial charge in [0.05, 0.1) is 48.6 Å². The van der Waals surface area contributed by atoms with Crippen molar-refractivity contribution in [3.8, 4) is 48.6 Å². The Bertz CT molecular complexity index is 2000. The number of nitrogens with zero attached hydrogens (tertiary/aromatic N) is 16. The lowest BCUT2D eigenvalue weighted by atomic mass is 9.94. The molecule has 0 bridgehead atoms. The maximum Gasteiger partial charge on any atom is 0.261 e. The second kappa shape index (κ2) is 39.0. The normalized spacial score (nSPS) is 12.1. The molecule has 394 valence electrons. The van der Waals surface area contributed by atoms with Crippen molar-refractivity contribution in [2.45, 2.75) is 89.9 Å². The molecule has 0 unspecified atom stereocenters. The third kappa shape index (κ3) is 24.0. The van der Waals surface area contributed by atoms with Crippen molar-refractivity contribution < 1.29 is 9.59 Å². The molecule has 0 saturated heterocycles. The molecule has 18 nitrogen and oxygen atoms in total. The average molecular weight is 1010 g/mol. The summed E-state index contributed by atoms with van der Waals surface area (Å²) in [6.45, 7) is 15.1. The molecule has 2 aromatic carbocycles. The molecule has 0 radical (unpaired) electrons. The van der Waals surface area contributed by atoms with E-state index in [2.05, 4.69) is 82.9 Å². The van der Waals surface area contributed by atoms with Crippen LogP contribution in [0.1, 0.15) is 111 Å². The van der Waals surface area contributed by atoms with Crippen molar-refractivity contribution in [3.05, 3.63) is 47.5 Å². The van der Waals surface area contributed by atoms with Crippen LogP contribution < -0.4 is 0 Å². The Hall–Kier alpha value is -6.52. The highest BCUT2D eigenvalue weighted by Gasteiger charge is 2.32. The minimum absolute atomic E-state index is 0.237. The van der Waals surface area contributed by atoms with Crippen molar-refractivity contribution in [1.82, 2.24) is 39.2 Å². The predicted octanol–water partition coefficient (Wildman–Crippen LogP) is 6.20. The maximum absolute atomic E-state index is 14.0. The van der Waals surface area contributed by atoms with Gasteiger partial charge in [-0.2, -0.15) is 42.1 Å². The SMILES string of the molecule is N#CCCN(CCC#N)CCCN(CCCN(CCC#N)CCC#N)CCCN(CCCN(CCCN(CCC#N)CCC#N)CCCN(CCC#N)CCC#N)CCN1C(=O)c2cccc3cccc(c23)C1=O. The fourth-order valence-corrected chi connectivity index (χ4v) is 9.65. The minimum atomic E-state index is -0.286. The van der Waals surface area contributed by atoms with Crippen LogP contribution in [0.5, 0.6) is 0 Å². The lowest BCUT2D eigenvalue weighted by Crippen LogP contribution is -2.45. The molecule has 0 spiro atoms. The Kier molecular flexibility index (Phi) is 32.6. The number of hydrogen-bond donors (Lipinski definition) is 0. The van der Waals surface area contributed by atoms with Gasteiger partial charge in [-0.3, -0.25) is 14.5 Å². The highest BCUT2D eigenvalue weighted by molar-refractivity contribution is 6.25. The molecule has 0 saturated carbocycles. The molecule has 1 aliphatic rings. The van der Waals surface area contributed by atoms with Gasteiger partial charge in [-0.25, -0.2) is 0 Å². The molecular formula is C56H78N16O2. The molecular weight excluding hydrogens is 929 g/mol. The standard InChI is InChI=1S/C56H78N16O2/c57-21-3-29-65(30-4-22-58)37-11-41-69(42-12-38-66(31-5-23-59)32-6-24-60)45-15-47-71(49-50-72-55(73)52-19-1-17-51-18-2-20-53(54(51)52)56(72)74)48-16-46-70(43-13-39-67(33-7-25-61)34-8-26-62)44-14-40-68(35-9-27-63)36-10-28-64/h1-2,17-20H,3-16,29-50H2. The highest BCUT2D eigenvalue weighted by Crippen LogP contribution is 2.30. The van der Waals surface area contributed by atoms with Gasteiger partial charge in [-0.15, -0.1) is 0 Å². The molecule has 0 N–H and O–H groups in total. The van der Waals surface area contributed by atoms with Gasteiger partial charge >= 0.3 is 0 Å². The molecule has 0 aromatic heterocycles. The van der Waals surface area contributed by atoms with Crippen LogP contribution in [0.4, 0.5) is 0 Å². The van der Waals surface area contributed by atoms with E-state index >= 15 is 0 Å². The van der Waals surface area contributed by atoms with E-state index in [-0.39, 0.29) is 18.4 Å². The first-order valence-electron chi connectivity index (χ1n) is 26.7. The number of nitriles is 8. The number of carbonyl (C=O) groups excluding carboxylic acids is 2. The van der Waals surface area contributed by atoms with Gasteiger partial charge in [0.2, 0.25) is 0 Å². The molecule has 2 aromatic rings. The Labute approximate surface area is 441 Å². The van der Waals surface area contributed by atoms with Crippen LogP contribution in [0.3, 0.4) is 0 Å². The van der Waals surface area contributed by atoms with Crippen molar-refractivity contribution >= 4 is 22.6 Å². The van der Waals surface area contributed by atoms with E-state index in [9.17, 15) is 51.7 Å².